The van der Waals surface area contributed by atoms with Crippen molar-refractivity contribution in [1.29, 1.82) is 0 Å². The molecule has 7 nitrogen and oxygen atoms in total. The minimum Gasteiger partial charge on any atom is -0.480 e. The Morgan fingerprint density at radius 1 is 1.48 bits per heavy atom. The summed E-state index contributed by atoms with van der Waals surface area (Å²) in [6.45, 7) is 8.69. The third-order valence-electron chi connectivity index (χ3n) is 5.79. The Hall–Kier alpha value is -1.41. The second-order valence-corrected chi connectivity index (χ2v) is 9.08. The highest BCUT2D eigenvalue weighted by atomic mass is 32.2. The Balaban J connectivity index is 2.10. The predicted octanol–water partition coefficient (Wildman–Crippen LogP) is 1.71. The van der Waals surface area contributed by atoms with E-state index < -0.39 is 16.0 Å². The average Bonchev–Trinajstić information content (AvgIpc) is 2.97. The number of carboxylic acids is 1. The highest BCUT2D eigenvalue weighted by Crippen LogP contribution is 2.55. The molecule has 0 bridgehead atoms. The molecule has 1 fully saturated rings. The van der Waals surface area contributed by atoms with Crippen LogP contribution < -0.4 is 4.72 Å². The number of carboxylic acid groups (broad SMARTS) is 1. The summed E-state index contributed by atoms with van der Waals surface area (Å²) in [6, 6.07) is 0. The first kappa shape index (κ1) is 17.9. The predicted molar refractivity (Wildman–Crippen MR) is 85.3 cm³/mol. The standard InChI is InChI=1S/C15H25N3O4S/c1-11-5-6-15(4,14(11,2)3)10-17-23(21,22)12-7-16-18(8-12)9-13(19)20/h7-8,11,17H,5-6,9-10H2,1-4H3,(H,19,20)/t11-,15-/m0/s1. The van der Waals surface area contributed by atoms with Crippen LogP contribution in [-0.4, -0.2) is 35.8 Å². The van der Waals surface area contributed by atoms with E-state index in [0.717, 1.165) is 17.5 Å². The van der Waals surface area contributed by atoms with Gasteiger partial charge in [-0.1, -0.05) is 27.7 Å². The van der Waals surface area contributed by atoms with Crippen molar-refractivity contribution in [2.24, 2.45) is 16.7 Å². The third-order valence-corrected chi connectivity index (χ3v) is 7.14. The van der Waals surface area contributed by atoms with E-state index in [1.54, 1.807) is 0 Å². The van der Waals surface area contributed by atoms with Gasteiger partial charge in [0, 0.05) is 12.7 Å². The molecule has 2 rings (SSSR count). The van der Waals surface area contributed by atoms with Crippen LogP contribution in [0.15, 0.2) is 17.3 Å². The normalized spacial score (nSPS) is 27.2. The molecule has 0 unspecified atom stereocenters. The molecule has 0 radical (unpaired) electrons. The first-order valence-electron chi connectivity index (χ1n) is 7.72. The Morgan fingerprint density at radius 2 is 2.13 bits per heavy atom. The summed E-state index contributed by atoms with van der Waals surface area (Å²) < 4.78 is 28.6. The van der Waals surface area contributed by atoms with Crippen LogP contribution in [0.3, 0.4) is 0 Å². The van der Waals surface area contributed by atoms with Crippen LogP contribution in [0.4, 0.5) is 0 Å². The summed E-state index contributed by atoms with van der Waals surface area (Å²) in [4.78, 5) is 10.6. The van der Waals surface area contributed by atoms with Crippen LogP contribution in [0.2, 0.25) is 0 Å². The van der Waals surface area contributed by atoms with Gasteiger partial charge < -0.3 is 5.11 Å². The molecule has 0 saturated heterocycles. The van der Waals surface area contributed by atoms with Crippen molar-refractivity contribution in [3.8, 4) is 0 Å². The summed E-state index contributed by atoms with van der Waals surface area (Å²) in [6.07, 6.45) is 4.47. The molecule has 23 heavy (non-hydrogen) atoms. The lowest BCUT2D eigenvalue weighted by molar-refractivity contribution is -0.137. The van der Waals surface area contributed by atoms with Crippen LogP contribution in [0, 0.1) is 16.7 Å². The highest BCUT2D eigenvalue weighted by molar-refractivity contribution is 7.89. The molecular formula is C15H25N3O4S. The molecule has 1 aliphatic carbocycles. The summed E-state index contributed by atoms with van der Waals surface area (Å²) in [5.74, 6) is -0.533. The van der Waals surface area contributed by atoms with Gasteiger partial charge in [0.15, 0.2) is 0 Å². The fourth-order valence-corrected chi connectivity index (χ4v) is 4.30. The molecule has 0 spiro atoms. The second kappa shape index (κ2) is 5.90. The summed E-state index contributed by atoms with van der Waals surface area (Å²) in [7, 11) is -3.69. The topological polar surface area (TPSA) is 101 Å². The van der Waals surface area contributed by atoms with Gasteiger partial charge in [0.1, 0.15) is 11.4 Å². The number of aliphatic carboxylic acids is 1. The van der Waals surface area contributed by atoms with E-state index in [-0.39, 0.29) is 22.3 Å². The maximum atomic E-state index is 12.4. The number of carbonyl (C=O) groups is 1. The molecule has 130 valence electrons. The molecule has 2 N–H and O–H groups in total. The number of hydrogen-bond acceptors (Lipinski definition) is 4. The summed E-state index contributed by atoms with van der Waals surface area (Å²) >= 11 is 0. The molecule has 1 aromatic rings. The van der Waals surface area contributed by atoms with Crippen molar-refractivity contribution in [2.45, 2.75) is 52.0 Å². The van der Waals surface area contributed by atoms with E-state index in [4.69, 9.17) is 5.11 Å². The van der Waals surface area contributed by atoms with Gasteiger partial charge in [0.2, 0.25) is 10.0 Å². The lowest BCUT2D eigenvalue weighted by atomic mass is 9.66. The summed E-state index contributed by atoms with van der Waals surface area (Å²) in [5, 5.41) is 12.5. The van der Waals surface area contributed by atoms with Crippen LogP contribution in [-0.2, 0) is 21.4 Å². The van der Waals surface area contributed by atoms with E-state index in [2.05, 4.69) is 37.5 Å². The molecule has 1 saturated carbocycles. The monoisotopic (exact) mass is 343 g/mol. The lowest BCUT2D eigenvalue weighted by Gasteiger charge is -2.41. The maximum absolute atomic E-state index is 12.4. The fraction of sp³-hybridized carbons (Fsp3) is 0.733. The van der Waals surface area contributed by atoms with Crippen molar-refractivity contribution in [1.82, 2.24) is 14.5 Å². The molecule has 1 aliphatic rings. The minimum absolute atomic E-state index is 0.00815. The van der Waals surface area contributed by atoms with Crippen LogP contribution in [0.1, 0.15) is 40.5 Å². The number of aromatic nitrogens is 2. The molecule has 2 atom stereocenters. The second-order valence-electron chi connectivity index (χ2n) is 7.31. The van der Waals surface area contributed by atoms with Gasteiger partial charge in [-0.2, -0.15) is 5.10 Å². The van der Waals surface area contributed by atoms with Gasteiger partial charge in [-0.15, -0.1) is 0 Å². The van der Waals surface area contributed by atoms with Crippen molar-refractivity contribution in [3.63, 3.8) is 0 Å². The Morgan fingerprint density at radius 3 is 2.65 bits per heavy atom. The van der Waals surface area contributed by atoms with Crippen LogP contribution >= 0.6 is 0 Å². The molecule has 0 amide bonds. The zero-order valence-corrected chi connectivity index (χ0v) is 14.9. The lowest BCUT2D eigenvalue weighted by Crippen LogP contribution is -2.43. The van der Waals surface area contributed by atoms with E-state index in [1.165, 1.54) is 12.4 Å². The zero-order chi connectivity index (χ0) is 17.5. The molecular weight excluding hydrogens is 318 g/mol. The van der Waals surface area contributed by atoms with Gasteiger partial charge in [-0.3, -0.25) is 9.48 Å². The van der Waals surface area contributed by atoms with E-state index in [1.807, 2.05) is 0 Å². The first-order valence-corrected chi connectivity index (χ1v) is 9.20. The summed E-state index contributed by atoms with van der Waals surface area (Å²) in [5.41, 5.74) is -0.0699. The van der Waals surface area contributed by atoms with Gasteiger partial charge in [0.05, 0.1) is 6.20 Å². The van der Waals surface area contributed by atoms with Gasteiger partial charge in [-0.25, -0.2) is 13.1 Å². The fourth-order valence-electron chi connectivity index (χ4n) is 3.18. The zero-order valence-electron chi connectivity index (χ0n) is 14.0. The molecule has 0 aromatic carbocycles. The van der Waals surface area contributed by atoms with Crippen LogP contribution in [0.5, 0.6) is 0 Å². The van der Waals surface area contributed by atoms with Crippen molar-refractivity contribution in [3.05, 3.63) is 12.4 Å². The highest BCUT2D eigenvalue weighted by Gasteiger charge is 2.49. The van der Waals surface area contributed by atoms with Crippen molar-refractivity contribution in [2.75, 3.05) is 6.54 Å². The molecule has 8 heteroatoms. The molecule has 0 aliphatic heterocycles. The Labute approximate surface area is 137 Å². The third kappa shape index (κ3) is 3.42. The average molecular weight is 343 g/mol. The van der Waals surface area contributed by atoms with Gasteiger partial charge in [-0.05, 0) is 29.6 Å². The van der Waals surface area contributed by atoms with Gasteiger partial charge in [0.25, 0.3) is 0 Å². The number of nitrogens with one attached hydrogen (secondary N) is 1. The number of sulfonamides is 1. The van der Waals surface area contributed by atoms with Gasteiger partial charge >= 0.3 is 5.97 Å². The maximum Gasteiger partial charge on any atom is 0.325 e. The number of nitrogens with zero attached hydrogens (tertiary/aromatic N) is 2. The van der Waals surface area contributed by atoms with Crippen molar-refractivity contribution >= 4 is 16.0 Å². The van der Waals surface area contributed by atoms with E-state index >= 15 is 0 Å². The van der Waals surface area contributed by atoms with Crippen molar-refractivity contribution < 1.29 is 18.3 Å². The Bertz CT molecular complexity index is 695. The Kier molecular flexibility index (Phi) is 4.60. The number of hydrogen-bond donors (Lipinski definition) is 2. The molecule has 1 heterocycles. The van der Waals surface area contributed by atoms with E-state index in [0.29, 0.717) is 12.5 Å². The van der Waals surface area contributed by atoms with E-state index in [9.17, 15) is 13.2 Å². The first-order chi connectivity index (χ1) is 10.5. The SMILES string of the molecule is C[C@H]1CC[C@@](C)(CNS(=O)(=O)c2cnn(CC(=O)O)c2)C1(C)C. The molecule has 1 aromatic heterocycles. The quantitative estimate of drug-likeness (QED) is 0.819. The minimum atomic E-state index is -3.69. The number of rotatable bonds is 6. The van der Waals surface area contributed by atoms with Crippen LogP contribution in [0.25, 0.3) is 0 Å². The smallest absolute Gasteiger partial charge is 0.325 e. The largest absolute Gasteiger partial charge is 0.480 e.